The fourth-order valence-electron chi connectivity index (χ4n) is 4.18. The normalized spacial score (nSPS) is 22.1. The molecule has 5 rings (SSSR count). The number of rotatable bonds is 2. The molecule has 0 spiro atoms. The second-order valence-electron chi connectivity index (χ2n) is 7.30. The van der Waals surface area contributed by atoms with Gasteiger partial charge in [0.05, 0.1) is 12.3 Å². The molecule has 0 radical (unpaired) electrons. The van der Waals surface area contributed by atoms with Crippen molar-refractivity contribution in [3.05, 3.63) is 52.1 Å². The minimum atomic E-state index is 0.358. The van der Waals surface area contributed by atoms with E-state index in [1.807, 2.05) is 25.1 Å². The van der Waals surface area contributed by atoms with E-state index in [0.29, 0.717) is 36.0 Å². The monoisotopic (exact) mass is 385 g/mol. The molecule has 3 heterocycles. The van der Waals surface area contributed by atoms with Crippen LogP contribution in [0.4, 0.5) is 0 Å². The number of hydrogen-bond donors (Lipinski definition) is 0. The molecule has 2 aromatic heterocycles. The number of nitrogens with zero attached hydrogens (tertiary/aromatic N) is 5. The van der Waals surface area contributed by atoms with E-state index in [1.165, 1.54) is 0 Å². The van der Waals surface area contributed by atoms with Gasteiger partial charge in [-0.2, -0.15) is 4.98 Å². The predicted octanol–water partition coefficient (Wildman–Crippen LogP) is 4.08. The van der Waals surface area contributed by atoms with Gasteiger partial charge in [0, 0.05) is 29.3 Å². The minimum absolute atomic E-state index is 0.358. The Morgan fingerprint density at radius 1 is 1.07 bits per heavy atom. The number of ether oxygens (including phenoxy) is 1. The van der Waals surface area contributed by atoms with Gasteiger partial charge in [0.15, 0.2) is 11.6 Å². The van der Waals surface area contributed by atoms with Gasteiger partial charge in [-0.3, -0.25) is 4.57 Å². The first-order valence-electron chi connectivity index (χ1n) is 9.30. The van der Waals surface area contributed by atoms with Crippen LogP contribution in [-0.2, 0) is 18.0 Å². The molecular weight excluding hydrogens is 366 g/mol. The van der Waals surface area contributed by atoms with Gasteiger partial charge in [0.1, 0.15) is 12.4 Å². The highest BCUT2D eigenvalue weighted by Crippen LogP contribution is 2.40. The lowest BCUT2D eigenvalue weighted by Crippen LogP contribution is -2.17. The molecule has 1 aliphatic carbocycles. The van der Waals surface area contributed by atoms with E-state index in [9.17, 15) is 0 Å². The summed E-state index contributed by atoms with van der Waals surface area (Å²) in [6.07, 6.45) is 4.10. The SMILES string of the molecule is Cc1nc(C2CCC(c3nnc4n3-c3ccc(Cl)cc3COC4)CC2)no1. The average molecular weight is 386 g/mol. The molecule has 27 heavy (non-hydrogen) atoms. The van der Waals surface area contributed by atoms with Crippen LogP contribution in [0, 0.1) is 6.92 Å². The van der Waals surface area contributed by atoms with Crippen LogP contribution in [0.1, 0.15) is 66.4 Å². The Morgan fingerprint density at radius 3 is 2.67 bits per heavy atom. The Morgan fingerprint density at radius 2 is 1.89 bits per heavy atom. The molecule has 0 bridgehead atoms. The Kier molecular flexibility index (Phi) is 4.21. The molecule has 140 valence electrons. The average Bonchev–Trinajstić information content (AvgIpc) is 3.25. The van der Waals surface area contributed by atoms with Gasteiger partial charge >= 0.3 is 0 Å². The van der Waals surface area contributed by atoms with E-state index in [0.717, 1.165) is 54.4 Å². The van der Waals surface area contributed by atoms with Crippen LogP contribution < -0.4 is 0 Å². The molecule has 1 aromatic carbocycles. The third kappa shape index (κ3) is 3.04. The number of benzene rings is 1. The standard InChI is InChI=1S/C19H20ClN5O2/c1-11-21-18(24-27-11)12-2-4-13(5-3-12)19-23-22-17-10-26-9-14-8-15(20)6-7-16(14)25(17)19/h6-8,12-13H,2-5,9-10H2,1H3. The van der Waals surface area contributed by atoms with Crippen LogP contribution in [0.15, 0.2) is 22.7 Å². The van der Waals surface area contributed by atoms with Crippen molar-refractivity contribution in [2.75, 3.05) is 0 Å². The molecule has 7 nitrogen and oxygen atoms in total. The van der Waals surface area contributed by atoms with Crippen LogP contribution in [0.25, 0.3) is 5.69 Å². The fraction of sp³-hybridized carbons (Fsp3) is 0.474. The summed E-state index contributed by atoms with van der Waals surface area (Å²) in [4.78, 5) is 4.40. The van der Waals surface area contributed by atoms with Crippen molar-refractivity contribution >= 4 is 11.6 Å². The van der Waals surface area contributed by atoms with E-state index in [4.69, 9.17) is 20.9 Å². The van der Waals surface area contributed by atoms with Crippen molar-refractivity contribution in [2.45, 2.75) is 57.7 Å². The highest BCUT2D eigenvalue weighted by Gasteiger charge is 2.31. The van der Waals surface area contributed by atoms with Crippen molar-refractivity contribution in [1.82, 2.24) is 24.9 Å². The zero-order valence-electron chi connectivity index (χ0n) is 15.1. The summed E-state index contributed by atoms with van der Waals surface area (Å²) in [6, 6.07) is 5.91. The predicted molar refractivity (Wildman–Crippen MR) is 97.8 cm³/mol. The highest BCUT2D eigenvalue weighted by atomic mass is 35.5. The molecule has 0 N–H and O–H groups in total. The molecular formula is C19H20ClN5O2. The van der Waals surface area contributed by atoms with Crippen LogP contribution in [0.2, 0.25) is 5.02 Å². The number of aromatic nitrogens is 5. The van der Waals surface area contributed by atoms with Gasteiger partial charge in [-0.15, -0.1) is 10.2 Å². The fourth-order valence-corrected chi connectivity index (χ4v) is 4.38. The maximum absolute atomic E-state index is 6.18. The number of fused-ring (bicyclic) bond motifs is 3. The molecule has 0 saturated heterocycles. The van der Waals surface area contributed by atoms with Crippen LogP contribution in [-0.4, -0.2) is 24.9 Å². The summed E-state index contributed by atoms with van der Waals surface area (Å²) in [7, 11) is 0. The van der Waals surface area contributed by atoms with E-state index in [-0.39, 0.29) is 0 Å². The number of halogens is 1. The first-order valence-corrected chi connectivity index (χ1v) is 9.68. The number of hydrogen-bond acceptors (Lipinski definition) is 6. The molecule has 1 aliphatic heterocycles. The van der Waals surface area contributed by atoms with Gasteiger partial charge < -0.3 is 9.26 Å². The lowest BCUT2D eigenvalue weighted by atomic mass is 9.81. The number of aryl methyl sites for hydroxylation is 1. The molecule has 2 aliphatic rings. The highest BCUT2D eigenvalue weighted by molar-refractivity contribution is 6.30. The summed E-state index contributed by atoms with van der Waals surface area (Å²) >= 11 is 6.18. The van der Waals surface area contributed by atoms with Crippen LogP contribution in [0.5, 0.6) is 0 Å². The zero-order chi connectivity index (χ0) is 18.4. The molecule has 3 aromatic rings. The lowest BCUT2D eigenvalue weighted by molar-refractivity contribution is 0.105. The largest absolute Gasteiger partial charge is 0.369 e. The van der Waals surface area contributed by atoms with Crippen LogP contribution >= 0.6 is 11.6 Å². The summed E-state index contributed by atoms with van der Waals surface area (Å²) < 4.78 is 13.1. The Hall–Kier alpha value is -2.25. The zero-order valence-corrected chi connectivity index (χ0v) is 15.8. The van der Waals surface area contributed by atoms with Crippen molar-refractivity contribution in [3.63, 3.8) is 0 Å². The van der Waals surface area contributed by atoms with Gasteiger partial charge in [-0.1, -0.05) is 16.8 Å². The molecule has 1 saturated carbocycles. The van der Waals surface area contributed by atoms with Gasteiger partial charge in [0.2, 0.25) is 5.89 Å². The summed E-state index contributed by atoms with van der Waals surface area (Å²) in [5.74, 6) is 4.05. The topological polar surface area (TPSA) is 78.9 Å². The molecule has 0 atom stereocenters. The smallest absolute Gasteiger partial charge is 0.223 e. The van der Waals surface area contributed by atoms with Crippen molar-refractivity contribution in [1.29, 1.82) is 0 Å². The van der Waals surface area contributed by atoms with Gasteiger partial charge in [0.25, 0.3) is 0 Å². The van der Waals surface area contributed by atoms with Crippen molar-refractivity contribution in [3.8, 4) is 5.69 Å². The first kappa shape index (κ1) is 16.9. The Balaban J connectivity index is 1.43. The second-order valence-corrected chi connectivity index (χ2v) is 7.73. The van der Waals surface area contributed by atoms with E-state index >= 15 is 0 Å². The van der Waals surface area contributed by atoms with E-state index < -0.39 is 0 Å². The molecule has 1 fully saturated rings. The Labute approximate surface area is 161 Å². The van der Waals surface area contributed by atoms with Gasteiger partial charge in [-0.25, -0.2) is 0 Å². The third-order valence-corrected chi connectivity index (χ3v) is 5.76. The van der Waals surface area contributed by atoms with Crippen molar-refractivity contribution in [2.24, 2.45) is 0 Å². The summed E-state index contributed by atoms with van der Waals surface area (Å²) in [6.45, 7) is 2.82. The minimum Gasteiger partial charge on any atom is -0.369 e. The first-order chi connectivity index (χ1) is 13.2. The second kappa shape index (κ2) is 6.73. The van der Waals surface area contributed by atoms with Crippen LogP contribution in [0.3, 0.4) is 0 Å². The van der Waals surface area contributed by atoms with Gasteiger partial charge in [-0.05, 0) is 43.9 Å². The molecule has 8 heteroatoms. The third-order valence-electron chi connectivity index (χ3n) is 5.53. The lowest BCUT2D eigenvalue weighted by Gasteiger charge is -2.26. The quantitative estimate of drug-likeness (QED) is 0.661. The summed E-state index contributed by atoms with van der Waals surface area (Å²) in [5.41, 5.74) is 2.14. The Bertz CT molecular complexity index is 974. The van der Waals surface area contributed by atoms with E-state index in [1.54, 1.807) is 0 Å². The molecule has 0 amide bonds. The molecule has 0 unspecified atom stereocenters. The maximum atomic E-state index is 6.18. The van der Waals surface area contributed by atoms with Crippen molar-refractivity contribution < 1.29 is 9.26 Å². The van der Waals surface area contributed by atoms with E-state index in [2.05, 4.69) is 24.9 Å². The maximum Gasteiger partial charge on any atom is 0.223 e. The summed E-state index contributed by atoms with van der Waals surface area (Å²) in [5, 5.41) is 13.8.